The predicted octanol–water partition coefficient (Wildman–Crippen LogP) is 14.7. The molecular formula is C49H57N. The van der Waals surface area contributed by atoms with Gasteiger partial charge in [-0.15, -0.1) is 0 Å². The molecule has 0 heterocycles. The third kappa shape index (κ3) is 5.20. The van der Waals surface area contributed by atoms with E-state index < -0.39 is 0 Å². The second-order valence-electron chi connectivity index (χ2n) is 14.4. The van der Waals surface area contributed by atoms with E-state index in [1.165, 1.54) is 77.6 Å². The Balaban J connectivity index is 0.000000771. The average Bonchev–Trinajstić information content (AvgIpc) is 3.62. The van der Waals surface area contributed by atoms with Crippen LogP contribution in [0.1, 0.15) is 116 Å². The first kappa shape index (κ1) is 36.7. The van der Waals surface area contributed by atoms with Crippen molar-refractivity contribution in [2.24, 2.45) is 0 Å². The SMILES string of the molecule is C=CC1=C(C=C)C(C)(C)c2cc(Nc3ccc4c(c3)C(C)(C)c3c-4ccc4c3C(C)(C)c3ccc5ccccc5c3-4)ccc21.CC.CC.CC. The van der Waals surface area contributed by atoms with Gasteiger partial charge in [-0.3, -0.25) is 0 Å². The highest BCUT2D eigenvalue weighted by Crippen LogP contribution is 2.60. The van der Waals surface area contributed by atoms with Gasteiger partial charge < -0.3 is 5.32 Å². The summed E-state index contributed by atoms with van der Waals surface area (Å²) in [5, 5.41) is 6.42. The van der Waals surface area contributed by atoms with Crippen LogP contribution in [0.15, 0.2) is 116 Å². The molecule has 0 bridgehead atoms. The fourth-order valence-corrected chi connectivity index (χ4v) is 8.81. The van der Waals surface area contributed by atoms with E-state index in [2.05, 4.69) is 145 Å². The standard InChI is InChI=1S/C43H39N.3C2H6/c1-9-28-30-18-16-26(23-36(30)41(3,4)34(28)10-2)44-27-17-19-31-32-20-21-33-38-29-14-12-11-13-25(29)15-22-35(38)42(5,6)40(33)39(32)43(7,8)37(31)24-27;3*1-2/h9-24,44H,1-2H2,3-8H3;3*1-2H3. The van der Waals surface area contributed by atoms with Crippen molar-refractivity contribution >= 4 is 27.7 Å². The zero-order valence-electron chi connectivity index (χ0n) is 32.7. The van der Waals surface area contributed by atoms with Crippen molar-refractivity contribution in [3.63, 3.8) is 0 Å². The molecule has 5 aromatic carbocycles. The van der Waals surface area contributed by atoms with Gasteiger partial charge in [0.15, 0.2) is 0 Å². The summed E-state index contributed by atoms with van der Waals surface area (Å²) in [6, 6.07) is 31.9. The van der Waals surface area contributed by atoms with Crippen LogP contribution in [0.5, 0.6) is 0 Å². The van der Waals surface area contributed by atoms with E-state index in [-0.39, 0.29) is 16.2 Å². The van der Waals surface area contributed by atoms with Crippen molar-refractivity contribution in [2.75, 3.05) is 5.32 Å². The normalized spacial score (nSPS) is 15.8. The molecule has 0 atom stereocenters. The van der Waals surface area contributed by atoms with E-state index in [0.717, 1.165) is 11.4 Å². The van der Waals surface area contributed by atoms with Gasteiger partial charge in [-0.2, -0.15) is 0 Å². The topological polar surface area (TPSA) is 12.0 Å². The third-order valence-electron chi connectivity index (χ3n) is 11.0. The zero-order chi connectivity index (χ0) is 36.8. The van der Waals surface area contributed by atoms with Crippen LogP contribution in [0.3, 0.4) is 0 Å². The van der Waals surface area contributed by atoms with Crippen LogP contribution in [0.25, 0.3) is 38.6 Å². The molecule has 3 aliphatic carbocycles. The molecule has 0 saturated carbocycles. The summed E-state index contributed by atoms with van der Waals surface area (Å²) >= 11 is 0. The molecule has 0 spiro atoms. The highest BCUT2D eigenvalue weighted by atomic mass is 14.9. The van der Waals surface area contributed by atoms with Gasteiger partial charge in [-0.1, -0.05) is 169 Å². The highest BCUT2D eigenvalue weighted by Gasteiger charge is 2.46. The lowest BCUT2D eigenvalue weighted by Crippen LogP contribution is -2.24. The van der Waals surface area contributed by atoms with E-state index in [1.807, 2.05) is 53.7 Å². The summed E-state index contributed by atoms with van der Waals surface area (Å²) in [6.07, 6.45) is 3.96. The molecule has 0 fully saturated rings. The molecule has 8 rings (SSSR count). The number of hydrogen-bond donors (Lipinski definition) is 1. The van der Waals surface area contributed by atoms with Crippen LogP contribution in [0, 0.1) is 0 Å². The summed E-state index contributed by atoms with van der Waals surface area (Å²) in [5.41, 5.74) is 18.2. The first-order valence-corrected chi connectivity index (χ1v) is 18.8. The zero-order valence-corrected chi connectivity index (χ0v) is 32.7. The van der Waals surface area contributed by atoms with Crippen LogP contribution >= 0.6 is 0 Å². The van der Waals surface area contributed by atoms with E-state index in [0.29, 0.717) is 0 Å². The van der Waals surface area contributed by atoms with Gasteiger partial charge >= 0.3 is 0 Å². The number of benzene rings is 5. The van der Waals surface area contributed by atoms with Crippen molar-refractivity contribution in [3.8, 4) is 22.3 Å². The summed E-state index contributed by atoms with van der Waals surface area (Å²) < 4.78 is 0. The molecule has 0 saturated heterocycles. The highest BCUT2D eigenvalue weighted by molar-refractivity contribution is 6.04. The number of nitrogens with one attached hydrogen (secondary N) is 1. The lowest BCUT2D eigenvalue weighted by atomic mass is 9.72. The molecule has 3 aliphatic rings. The van der Waals surface area contributed by atoms with E-state index in [4.69, 9.17) is 0 Å². The maximum Gasteiger partial charge on any atom is 0.0387 e. The van der Waals surface area contributed by atoms with Gasteiger partial charge in [-0.05, 0) is 102 Å². The maximum atomic E-state index is 4.11. The fraction of sp³-hybridized carbons (Fsp3) is 0.306. The lowest BCUT2D eigenvalue weighted by molar-refractivity contribution is 0.601. The Morgan fingerprint density at radius 2 is 1.02 bits per heavy atom. The minimum absolute atomic E-state index is 0.0831. The molecule has 258 valence electrons. The van der Waals surface area contributed by atoms with Crippen LogP contribution in [-0.4, -0.2) is 0 Å². The van der Waals surface area contributed by atoms with Crippen LogP contribution < -0.4 is 5.32 Å². The van der Waals surface area contributed by atoms with E-state index in [9.17, 15) is 0 Å². The Hall–Kier alpha value is -4.62. The van der Waals surface area contributed by atoms with Gasteiger partial charge in [0, 0.05) is 27.6 Å². The number of rotatable bonds is 4. The van der Waals surface area contributed by atoms with E-state index in [1.54, 1.807) is 0 Å². The monoisotopic (exact) mass is 659 g/mol. The average molecular weight is 660 g/mol. The Labute approximate surface area is 302 Å². The number of anilines is 2. The molecule has 1 N–H and O–H groups in total. The minimum Gasteiger partial charge on any atom is -0.356 e. The molecule has 0 aromatic heterocycles. The van der Waals surface area contributed by atoms with Crippen LogP contribution in [0.4, 0.5) is 11.4 Å². The first-order chi connectivity index (χ1) is 24.0. The quantitative estimate of drug-likeness (QED) is 0.202. The number of fused-ring (bicyclic) bond motifs is 10. The second-order valence-corrected chi connectivity index (χ2v) is 14.4. The van der Waals surface area contributed by atoms with Gasteiger partial charge in [0.2, 0.25) is 0 Å². The van der Waals surface area contributed by atoms with Gasteiger partial charge in [0.1, 0.15) is 0 Å². The van der Waals surface area contributed by atoms with Gasteiger partial charge in [-0.25, -0.2) is 0 Å². The number of hydrogen-bond acceptors (Lipinski definition) is 1. The predicted molar refractivity (Wildman–Crippen MR) is 223 cm³/mol. The van der Waals surface area contributed by atoms with Gasteiger partial charge in [0.05, 0.1) is 0 Å². The molecule has 0 radical (unpaired) electrons. The fourth-order valence-electron chi connectivity index (χ4n) is 8.81. The van der Waals surface area contributed by atoms with Crippen LogP contribution in [-0.2, 0) is 16.2 Å². The molecule has 50 heavy (non-hydrogen) atoms. The van der Waals surface area contributed by atoms with Crippen molar-refractivity contribution in [3.05, 3.63) is 149 Å². The first-order valence-electron chi connectivity index (χ1n) is 18.8. The maximum absolute atomic E-state index is 4.11. The molecule has 0 aliphatic heterocycles. The summed E-state index contributed by atoms with van der Waals surface area (Å²) in [5.74, 6) is 0. The molecule has 5 aromatic rings. The largest absolute Gasteiger partial charge is 0.356 e. The molecular weight excluding hydrogens is 603 g/mol. The Kier molecular flexibility index (Phi) is 9.97. The van der Waals surface area contributed by atoms with E-state index >= 15 is 0 Å². The smallest absolute Gasteiger partial charge is 0.0387 e. The van der Waals surface area contributed by atoms with Crippen molar-refractivity contribution < 1.29 is 0 Å². The Bertz CT molecular complexity index is 2150. The van der Waals surface area contributed by atoms with Crippen molar-refractivity contribution in [1.29, 1.82) is 0 Å². The van der Waals surface area contributed by atoms with Gasteiger partial charge in [0.25, 0.3) is 0 Å². The van der Waals surface area contributed by atoms with Crippen molar-refractivity contribution in [1.82, 2.24) is 0 Å². The summed E-state index contributed by atoms with van der Waals surface area (Å²) in [7, 11) is 0. The van der Waals surface area contributed by atoms with Crippen molar-refractivity contribution in [2.45, 2.75) is 99.3 Å². The molecule has 0 unspecified atom stereocenters. The molecule has 0 amide bonds. The third-order valence-corrected chi connectivity index (χ3v) is 11.0. The second kappa shape index (κ2) is 13.6. The summed E-state index contributed by atoms with van der Waals surface area (Å²) in [6.45, 7) is 34.4. The Morgan fingerprint density at radius 1 is 0.500 bits per heavy atom. The van der Waals surface area contributed by atoms with Crippen LogP contribution in [0.2, 0.25) is 0 Å². The number of allylic oxidation sites excluding steroid dienone is 4. The molecule has 1 nitrogen and oxygen atoms in total. The lowest BCUT2D eigenvalue weighted by Gasteiger charge is -2.30. The minimum atomic E-state index is -0.135. The molecule has 1 heteroatoms. The summed E-state index contributed by atoms with van der Waals surface area (Å²) in [4.78, 5) is 0. The Morgan fingerprint density at radius 3 is 1.64 bits per heavy atom.